The Kier molecular flexibility index (Phi) is 5.50. The summed E-state index contributed by atoms with van der Waals surface area (Å²) in [5.41, 5.74) is 1.38. The van der Waals surface area contributed by atoms with Gasteiger partial charge in [0.25, 0.3) is 0 Å². The molecule has 0 bridgehead atoms. The molecule has 1 atom stereocenters. The number of hydrogen-bond donors (Lipinski definition) is 1. The van der Waals surface area contributed by atoms with E-state index in [4.69, 9.17) is 4.42 Å². The van der Waals surface area contributed by atoms with Crippen LogP contribution < -0.4 is 5.32 Å². The summed E-state index contributed by atoms with van der Waals surface area (Å²) in [6, 6.07) is 2.66. The van der Waals surface area contributed by atoms with Crippen LogP contribution in [0.4, 0.5) is 0 Å². The van der Waals surface area contributed by atoms with Crippen molar-refractivity contribution in [1.29, 1.82) is 0 Å². The number of nitrogens with one attached hydrogen (secondary N) is 1. The van der Waals surface area contributed by atoms with Gasteiger partial charge < -0.3 is 9.73 Å². The maximum atomic E-state index is 5.52. The van der Waals surface area contributed by atoms with Crippen LogP contribution in [-0.2, 0) is 0 Å². The van der Waals surface area contributed by atoms with E-state index in [1.807, 2.05) is 6.26 Å². The van der Waals surface area contributed by atoms with Crippen LogP contribution in [0.2, 0.25) is 0 Å². The van der Waals surface area contributed by atoms with Crippen molar-refractivity contribution in [2.24, 2.45) is 11.8 Å². The quantitative estimate of drug-likeness (QED) is 0.794. The summed E-state index contributed by atoms with van der Waals surface area (Å²) in [5, 5.41) is 3.76. The minimum Gasteiger partial charge on any atom is -0.469 e. The Balaban J connectivity index is 2.04. The van der Waals surface area contributed by atoms with Crippen molar-refractivity contribution >= 4 is 0 Å². The van der Waals surface area contributed by atoms with Crippen LogP contribution in [0.3, 0.4) is 0 Å². The van der Waals surface area contributed by atoms with Crippen molar-refractivity contribution in [3.05, 3.63) is 23.7 Å². The molecule has 1 heterocycles. The van der Waals surface area contributed by atoms with Gasteiger partial charge in [-0.25, -0.2) is 0 Å². The van der Waals surface area contributed by atoms with Gasteiger partial charge in [-0.3, -0.25) is 0 Å². The Bertz CT molecular complexity index is 363. The summed E-state index contributed by atoms with van der Waals surface area (Å²) in [5.74, 6) is 2.84. The molecule has 0 aromatic carbocycles. The summed E-state index contributed by atoms with van der Waals surface area (Å²) in [4.78, 5) is 0. The second kappa shape index (κ2) is 7.14. The van der Waals surface area contributed by atoms with Crippen LogP contribution in [0.15, 0.2) is 16.7 Å². The summed E-state index contributed by atoms with van der Waals surface area (Å²) >= 11 is 0. The lowest BCUT2D eigenvalue weighted by molar-refractivity contribution is 0.217. The highest BCUT2D eigenvalue weighted by Gasteiger charge is 2.29. The van der Waals surface area contributed by atoms with Gasteiger partial charge in [-0.15, -0.1) is 0 Å². The van der Waals surface area contributed by atoms with Crippen LogP contribution in [-0.4, -0.2) is 6.54 Å². The van der Waals surface area contributed by atoms with Crippen molar-refractivity contribution in [3.8, 4) is 0 Å². The number of rotatable bonds is 6. The zero-order valence-electron chi connectivity index (χ0n) is 12.7. The Morgan fingerprint density at radius 2 is 2.00 bits per heavy atom. The smallest absolute Gasteiger partial charge is 0.105 e. The molecule has 2 rings (SSSR count). The van der Waals surface area contributed by atoms with Crippen LogP contribution >= 0.6 is 0 Å². The lowest BCUT2D eigenvalue weighted by Gasteiger charge is -2.34. The largest absolute Gasteiger partial charge is 0.469 e. The zero-order chi connectivity index (χ0) is 13.7. The Morgan fingerprint density at radius 1 is 1.26 bits per heavy atom. The number of hydrogen-bond acceptors (Lipinski definition) is 2. The summed E-state index contributed by atoms with van der Waals surface area (Å²) < 4.78 is 5.52. The first-order chi connectivity index (χ1) is 9.26. The van der Waals surface area contributed by atoms with E-state index in [0.29, 0.717) is 6.04 Å². The van der Waals surface area contributed by atoms with Crippen molar-refractivity contribution in [2.45, 2.75) is 65.3 Å². The van der Waals surface area contributed by atoms with Gasteiger partial charge in [-0.1, -0.05) is 33.1 Å². The average molecular weight is 263 g/mol. The maximum Gasteiger partial charge on any atom is 0.105 e. The molecular weight excluding hydrogens is 234 g/mol. The molecule has 0 aliphatic heterocycles. The van der Waals surface area contributed by atoms with Crippen LogP contribution in [0.5, 0.6) is 0 Å². The molecule has 1 aromatic rings. The third-order valence-corrected chi connectivity index (χ3v) is 4.79. The van der Waals surface area contributed by atoms with E-state index >= 15 is 0 Å². The first-order valence-electron chi connectivity index (χ1n) is 8.03. The monoisotopic (exact) mass is 263 g/mol. The van der Waals surface area contributed by atoms with Crippen LogP contribution in [0, 0.1) is 18.8 Å². The highest BCUT2D eigenvalue weighted by atomic mass is 16.3. The fraction of sp³-hybridized carbons (Fsp3) is 0.765. The number of furan rings is 1. The van der Waals surface area contributed by atoms with Crippen molar-refractivity contribution in [1.82, 2.24) is 5.32 Å². The van der Waals surface area contributed by atoms with E-state index in [0.717, 1.165) is 24.1 Å². The summed E-state index contributed by atoms with van der Waals surface area (Å²) in [7, 11) is 0. The molecule has 0 radical (unpaired) electrons. The summed E-state index contributed by atoms with van der Waals surface area (Å²) in [6.45, 7) is 7.76. The minimum absolute atomic E-state index is 0.497. The minimum atomic E-state index is 0.497. The Morgan fingerprint density at radius 3 is 2.53 bits per heavy atom. The van der Waals surface area contributed by atoms with E-state index in [9.17, 15) is 0 Å². The van der Waals surface area contributed by atoms with Crippen LogP contribution in [0.25, 0.3) is 0 Å². The molecule has 1 aliphatic rings. The fourth-order valence-electron chi connectivity index (χ4n) is 3.48. The third kappa shape index (κ3) is 3.62. The number of aryl methyl sites for hydroxylation is 1. The van der Waals surface area contributed by atoms with Gasteiger partial charge in [0.2, 0.25) is 0 Å². The standard InChI is InChI=1S/C17H29NO/c1-4-11-18-17(16-10-12-19-13(16)3)15-8-6-14(5-2)7-9-15/h10,12,14-15,17-18H,4-9,11H2,1-3H3. The molecule has 1 saturated carbocycles. The van der Waals surface area contributed by atoms with E-state index in [1.165, 1.54) is 44.1 Å². The second-order valence-corrected chi connectivity index (χ2v) is 6.05. The predicted octanol–water partition coefficient (Wildman–Crippen LogP) is 4.85. The van der Waals surface area contributed by atoms with Crippen molar-refractivity contribution in [3.63, 3.8) is 0 Å². The highest BCUT2D eigenvalue weighted by Crippen LogP contribution is 2.38. The highest BCUT2D eigenvalue weighted by molar-refractivity contribution is 5.21. The van der Waals surface area contributed by atoms with Crippen LogP contribution in [0.1, 0.15) is 69.7 Å². The lowest BCUT2D eigenvalue weighted by Crippen LogP contribution is -2.31. The van der Waals surface area contributed by atoms with Crippen molar-refractivity contribution in [2.75, 3.05) is 6.54 Å². The molecule has 2 nitrogen and oxygen atoms in total. The average Bonchev–Trinajstić information content (AvgIpc) is 2.86. The van der Waals surface area contributed by atoms with Gasteiger partial charge in [0.15, 0.2) is 0 Å². The normalized spacial score (nSPS) is 25.4. The summed E-state index contributed by atoms with van der Waals surface area (Å²) in [6.07, 6.45) is 9.92. The molecular formula is C17H29NO. The molecule has 0 spiro atoms. The Labute approximate surface area is 118 Å². The molecule has 1 unspecified atom stereocenters. The second-order valence-electron chi connectivity index (χ2n) is 6.05. The molecule has 1 aromatic heterocycles. The van der Waals surface area contributed by atoms with Gasteiger partial charge >= 0.3 is 0 Å². The fourth-order valence-corrected chi connectivity index (χ4v) is 3.48. The van der Waals surface area contributed by atoms with Gasteiger partial charge in [-0.05, 0) is 50.6 Å². The predicted molar refractivity (Wildman–Crippen MR) is 80.2 cm³/mol. The molecule has 2 heteroatoms. The van der Waals surface area contributed by atoms with Gasteiger partial charge in [0, 0.05) is 11.6 Å². The first kappa shape index (κ1) is 14.6. The van der Waals surface area contributed by atoms with Gasteiger partial charge in [0.05, 0.1) is 6.26 Å². The maximum absolute atomic E-state index is 5.52. The molecule has 1 aliphatic carbocycles. The molecule has 108 valence electrons. The first-order valence-corrected chi connectivity index (χ1v) is 8.03. The Hall–Kier alpha value is -0.760. The van der Waals surface area contributed by atoms with E-state index in [2.05, 4.69) is 32.2 Å². The molecule has 1 N–H and O–H groups in total. The molecule has 0 amide bonds. The van der Waals surface area contributed by atoms with Crippen molar-refractivity contribution < 1.29 is 4.42 Å². The topological polar surface area (TPSA) is 25.2 Å². The third-order valence-electron chi connectivity index (χ3n) is 4.79. The molecule has 1 fully saturated rings. The lowest BCUT2D eigenvalue weighted by atomic mass is 9.76. The van der Waals surface area contributed by atoms with E-state index in [1.54, 1.807) is 0 Å². The van der Waals surface area contributed by atoms with Gasteiger partial charge in [-0.2, -0.15) is 0 Å². The van der Waals surface area contributed by atoms with E-state index in [-0.39, 0.29) is 0 Å². The van der Waals surface area contributed by atoms with E-state index < -0.39 is 0 Å². The SMILES string of the molecule is CCCNC(c1ccoc1C)C1CCC(CC)CC1. The molecule has 19 heavy (non-hydrogen) atoms. The van der Waals surface area contributed by atoms with Gasteiger partial charge in [0.1, 0.15) is 5.76 Å². The zero-order valence-corrected chi connectivity index (χ0v) is 12.7. The molecule has 0 saturated heterocycles.